The van der Waals surface area contributed by atoms with Gasteiger partial charge in [0.25, 0.3) is 0 Å². The molecule has 1 aliphatic heterocycles. The molecule has 16 heavy (non-hydrogen) atoms. The number of carboxylic acid groups (broad SMARTS) is 1. The molecule has 1 unspecified atom stereocenters. The van der Waals surface area contributed by atoms with Crippen molar-refractivity contribution in [1.29, 1.82) is 0 Å². The molecule has 0 saturated heterocycles. The Labute approximate surface area is 97.4 Å². The van der Waals surface area contributed by atoms with Crippen LogP contribution in [0.2, 0.25) is 0 Å². The van der Waals surface area contributed by atoms with Crippen LogP contribution in [0.5, 0.6) is 5.06 Å². The minimum Gasteiger partial charge on any atom is -0.477 e. The van der Waals surface area contributed by atoms with Gasteiger partial charge in [0.05, 0.1) is 12.2 Å². The van der Waals surface area contributed by atoms with Crippen molar-refractivity contribution in [3.8, 4) is 5.06 Å². The zero-order valence-electron chi connectivity index (χ0n) is 8.97. The summed E-state index contributed by atoms with van der Waals surface area (Å²) < 4.78 is 5.87. The molecule has 1 saturated carbocycles. The van der Waals surface area contributed by atoms with Gasteiger partial charge in [0, 0.05) is 7.05 Å². The predicted molar refractivity (Wildman–Crippen MR) is 61.7 cm³/mol. The molecule has 1 aliphatic carbocycles. The van der Waals surface area contributed by atoms with Crippen molar-refractivity contribution in [2.45, 2.75) is 18.9 Å². The Kier molecular flexibility index (Phi) is 2.10. The summed E-state index contributed by atoms with van der Waals surface area (Å²) in [4.78, 5) is 13.3. The van der Waals surface area contributed by atoms with E-state index < -0.39 is 5.97 Å². The number of nitrogens with zero attached hydrogens (tertiary/aromatic N) is 1. The first-order valence-corrected chi connectivity index (χ1v) is 6.21. The van der Waals surface area contributed by atoms with Crippen molar-refractivity contribution in [3.05, 3.63) is 10.9 Å². The largest absolute Gasteiger partial charge is 0.477 e. The average molecular weight is 239 g/mol. The van der Waals surface area contributed by atoms with E-state index in [9.17, 15) is 4.79 Å². The van der Waals surface area contributed by atoms with Crippen LogP contribution in [-0.4, -0.2) is 30.8 Å². The number of likely N-dealkylation sites (N-methyl/N-ethyl adjacent to an activating group) is 1. The van der Waals surface area contributed by atoms with Crippen LogP contribution in [0.4, 0.5) is 5.69 Å². The molecule has 2 aliphatic rings. The highest BCUT2D eigenvalue weighted by Crippen LogP contribution is 2.45. The second kappa shape index (κ2) is 3.38. The number of hydrogen-bond acceptors (Lipinski definition) is 4. The summed E-state index contributed by atoms with van der Waals surface area (Å²) in [7, 11) is 2.00. The Morgan fingerprint density at radius 1 is 1.62 bits per heavy atom. The lowest BCUT2D eigenvalue weighted by Crippen LogP contribution is -2.38. The highest BCUT2D eigenvalue weighted by Gasteiger charge is 2.38. The first-order valence-electron chi connectivity index (χ1n) is 5.40. The zero-order valence-corrected chi connectivity index (χ0v) is 9.79. The Morgan fingerprint density at radius 3 is 3.00 bits per heavy atom. The molecule has 1 N–H and O–H groups in total. The zero-order chi connectivity index (χ0) is 11.3. The predicted octanol–water partition coefficient (Wildman–Crippen LogP) is 2.05. The summed E-state index contributed by atoms with van der Waals surface area (Å²) >= 11 is 1.23. The van der Waals surface area contributed by atoms with Crippen molar-refractivity contribution in [2.75, 3.05) is 18.5 Å². The number of carbonyl (C=O) groups is 1. The molecule has 0 amide bonds. The molecule has 86 valence electrons. The van der Waals surface area contributed by atoms with E-state index in [1.807, 2.05) is 7.05 Å². The van der Waals surface area contributed by atoms with Gasteiger partial charge in [0.15, 0.2) is 5.06 Å². The second-order valence-corrected chi connectivity index (χ2v) is 5.48. The third kappa shape index (κ3) is 1.55. The molecule has 3 rings (SSSR count). The Morgan fingerprint density at radius 2 is 2.38 bits per heavy atom. The van der Waals surface area contributed by atoms with Crippen LogP contribution in [0.15, 0.2) is 6.07 Å². The van der Waals surface area contributed by atoms with Gasteiger partial charge in [-0.3, -0.25) is 0 Å². The fraction of sp³-hybridized carbons (Fsp3) is 0.545. The van der Waals surface area contributed by atoms with E-state index in [0.717, 1.165) is 17.3 Å². The molecule has 1 aromatic rings. The lowest BCUT2D eigenvalue weighted by molar-refractivity contribution is 0.0702. The maximum absolute atomic E-state index is 10.9. The van der Waals surface area contributed by atoms with Crippen molar-refractivity contribution in [2.24, 2.45) is 5.92 Å². The summed E-state index contributed by atoms with van der Waals surface area (Å²) in [5, 5.41) is 9.71. The van der Waals surface area contributed by atoms with Gasteiger partial charge in [-0.1, -0.05) is 11.3 Å². The van der Waals surface area contributed by atoms with Crippen LogP contribution < -0.4 is 9.64 Å². The van der Waals surface area contributed by atoms with Crippen molar-refractivity contribution < 1.29 is 14.6 Å². The molecular formula is C11H13NO3S. The highest BCUT2D eigenvalue weighted by atomic mass is 32.1. The molecule has 1 atom stereocenters. The summed E-state index contributed by atoms with van der Waals surface area (Å²) in [5.74, 6) is -0.203. The molecule has 1 fully saturated rings. The third-order valence-electron chi connectivity index (χ3n) is 3.16. The van der Waals surface area contributed by atoms with E-state index in [-0.39, 0.29) is 6.10 Å². The molecule has 0 aromatic carbocycles. The van der Waals surface area contributed by atoms with Crippen molar-refractivity contribution >= 4 is 23.0 Å². The molecular weight excluding hydrogens is 226 g/mol. The molecule has 2 heterocycles. The van der Waals surface area contributed by atoms with Crippen LogP contribution in [-0.2, 0) is 0 Å². The number of carboxylic acids is 1. The maximum Gasteiger partial charge on any atom is 0.346 e. The van der Waals surface area contributed by atoms with Gasteiger partial charge in [-0.05, 0) is 24.8 Å². The SMILES string of the molecule is CN1CC(C2CC2)Oc2sc(C(=O)O)cc21. The van der Waals surface area contributed by atoms with Crippen molar-refractivity contribution in [1.82, 2.24) is 0 Å². The monoisotopic (exact) mass is 239 g/mol. The van der Waals surface area contributed by atoms with E-state index in [0.29, 0.717) is 10.8 Å². The third-order valence-corrected chi connectivity index (χ3v) is 4.16. The van der Waals surface area contributed by atoms with Crippen LogP contribution in [0.1, 0.15) is 22.5 Å². The number of aromatic carboxylic acids is 1. The average Bonchev–Trinajstić information content (AvgIpc) is 2.97. The van der Waals surface area contributed by atoms with Crippen molar-refractivity contribution in [3.63, 3.8) is 0 Å². The molecule has 4 nitrogen and oxygen atoms in total. The minimum absolute atomic E-state index is 0.248. The van der Waals surface area contributed by atoms with Gasteiger partial charge in [-0.25, -0.2) is 4.79 Å². The Hall–Kier alpha value is -1.23. The lowest BCUT2D eigenvalue weighted by Gasteiger charge is -2.31. The van der Waals surface area contributed by atoms with Crippen LogP contribution in [0, 0.1) is 5.92 Å². The van der Waals surface area contributed by atoms with Crippen LogP contribution >= 0.6 is 11.3 Å². The normalized spacial score (nSPS) is 23.8. The number of anilines is 1. The molecule has 0 bridgehead atoms. The molecule has 0 radical (unpaired) electrons. The van der Waals surface area contributed by atoms with Gasteiger partial charge >= 0.3 is 5.97 Å². The fourth-order valence-electron chi connectivity index (χ4n) is 2.08. The second-order valence-electron chi connectivity index (χ2n) is 4.46. The smallest absolute Gasteiger partial charge is 0.346 e. The first kappa shape index (κ1) is 9.96. The standard InChI is InChI=1S/C11H13NO3S/c1-12-5-8(6-2-3-6)15-11-7(12)4-9(16-11)10(13)14/h4,6,8H,2-3,5H2,1H3,(H,13,14). The van der Waals surface area contributed by atoms with E-state index in [1.165, 1.54) is 24.2 Å². The summed E-state index contributed by atoms with van der Waals surface area (Å²) in [6.07, 6.45) is 2.73. The highest BCUT2D eigenvalue weighted by molar-refractivity contribution is 7.16. The minimum atomic E-state index is -0.876. The summed E-state index contributed by atoms with van der Waals surface area (Å²) in [5.41, 5.74) is 0.916. The first-order chi connectivity index (χ1) is 7.65. The maximum atomic E-state index is 10.9. The van der Waals surface area contributed by atoms with Gasteiger partial charge < -0.3 is 14.7 Å². The van der Waals surface area contributed by atoms with Crippen LogP contribution in [0.3, 0.4) is 0 Å². The van der Waals surface area contributed by atoms with Gasteiger partial charge in [0.1, 0.15) is 11.0 Å². The fourth-order valence-corrected chi connectivity index (χ4v) is 3.03. The number of thiophene rings is 1. The number of hydrogen-bond donors (Lipinski definition) is 1. The topological polar surface area (TPSA) is 49.8 Å². The van der Waals surface area contributed by atoms with E-state index >= 15 is 0 Å². The van der Waals surface area contributed by atoms with Gasteiger partial charge in [0.2, 0.25) is 0 Å². The Balaban J connectivity index is 1.91. The van der Waals surface area contributed by atoms with Gasteiger partial charge in [-0.15, -0.1) is 0 Å². The summed E-state index contributed by atoms with van der Waals surface area (Å²) in [6.45, 7) is 0.869. The Bertz CT molecular complexity index is 438. The molecule has 5 heteroatoms. The molecule has 0 spiro atoms. The number of ether oxygens (including phenoxy) is 1. The van der Waals surface area contributed by atoms with E-state index in [2.05, 4.69) is 4.90 Å². The van der Waals surface area contributed by atoms with Crippen LogP contribution in [0.25, 0.3) is 0 Å². The quantitative estimate of drug-likeness (QED) is 0.858. The number of fused-ring (bicyclic) bond motifs is 1. The van der Waals surface area contributed by atoms with Gasteiger partial charge in [-0.2, -0.15) is 0 Å². The number of rotatable bonds is 2. The lowest BCUT2D eigenvalue weighted by atomic mass is 10.2. The van der Waals surface area contributed by atoms with E-state index in [1.54, 1.807) is 6.07 Å². The van der Waals surface area contributed by atoms with E-state index in [4.69, 9.17) is 9.84 Å². The summed E-state index contributed by atoms with van der Waals surface area (Å²) in [6, 6.07) is 1.70. The molecule has 1 aromatic heterocycles.